The first-order chi connectivity index (χ1) is 13.2. The Hall–Kier alpha value is -2.36. The van der Waals surface area contributed by atoms with Crippen LogP contribution in [0.3, 0.4) is 0 Å². The number of hydrogen-bond acceptors (Lipinski definition) is 3. The third kappa shape index (κ3) is 2.49. The molecule has 1 spiro atoms. The minimum Gasteiger partial charge on any atom is -0.367 e. The number of anilines is 1. The summed E-state index contributed by atoms with van der Waals surface area (Å²) in [5.41, 5.74) is 5.40. The van der Waals surface area contributed by atoms with Crippen molar-refractivity contribution in [2.24, 2.45) is 5.41 Å². The molecular weight excluding hydrogens is 332 g/mol. The number of nitrogens with one attached hydrogen (secondary N) is 1. The summed E-state index contributed by atoms with van der Waals surface area (Å²) in [7, 11) is 0. The van der Waals surface area contributed by atoms with E-state index in [9.17, 15) is 0 Å². The molecule has 6 rings (SSSR count). The molecule has 0 saturated heterocycles. The van der Waals surface area contributed by atoms with Crippen molar-refractivity contribution in [2.75, 3.05) is 5.32 Å². The molecule has 1 atom stereocenters. The van der Waals surface area contributed by atoms with Crippen LogP contribution in [0.1, 0.15) is 57.4 Å². The fourth-order valence-electron chi connectivity index (χ4n) is 4.96. The van der Waals surface area contributed by atoms with Gasteiger partial charge in [0.2, 0.25) is 0 Å². The molecule has 3 heterocycles. The second kappa shape index (κ2) is 5.34. The van der Waals surface area contributed by atoms with Crippen molar-refractivity contribution in [1.82, 2.24) is 14.4 Å². The van der Waals surface area contributed by atoms with Crippen LogP contribution in [-0.4, -0.2) is 20.4 Å². The Kier molecular flexibility index (Phi) is 3.10. The van der Waals surface area contributed by atoms with Gasteiger partial charge in [0.05, 0.1) is 17.6 Å². The molecule has 0 radical (unpaired) electrons. The molecule has 3 aromatic rings. The predicted molar refractivity (Wildman–Crippen MR) is 108 cm³/mol. The van der Waals surface area contributed by atoms with Crippen molar-refractivity contribution >= 4 is 11.5 Å². The summed E-state index contributed by atoms with van der Waals surface area (Å²) in [6.07, 6.45) is 13.6. The number of aromatic nitrogens is 3. The van der Waals surface area contributed by atoms with Gasteiger partial charge in [0.25, 0.3) is 0 Å². The largest absolute Gasteiger partial charge is 0.367 e. The summed E-state index contributed by atoms with van der Waals surface area (Å²) in [6.45, 7) is 2.35. The highest BCUT2D eigenvalue weighted by Gasteiger charge is 2.52. The summed E-state index contributed by atoms with van der Waals surface area (Å²) in [4.78, 5) is 9.56. The van der Waals surface area contributed by atoms with Crippen molar-refractivity contribution in [2.45, 2.75) is 63.3 Å². The number of nitrogens with zero attached hydrogens (tertiary/aromatic N) is 3. The minimum atomic E-state index is 0.355. The molecular formula is C23H26N4. The lowest BCUT2D eigenvalue weighted by Gasteiger charge is -2.21. The molecule has 0 aliphatic heterocycles. The maximum absolute atomic E-state index is 4.96. The third-order valence-electron chi connectivity index (χ3n) is 7.34. The number of imidazole rings is 1. The highest BCUT2D eigenvalue weighted by atomic mass is 15.1. The first kappa shape index (κ1) is 15.7. The predicted octanol–water partition coefficient (Wildman–Crippen LogP) is 5.19. The molecule has 0 amide bonds. The van der Waals surface area contributed by atoms with Crippen LogP contribution < -0.4 is 5.32 Å². The number of fused-ring (bicyclic) bond motifs is 1. The highest BCUT2D eigenvalue weighted by Crippen LogP contribution is 2.58. The number of rotatable bonds is 4. The standard InChI is InChI=1S/C23H26N4/c1-22(10-11-22)16-7-8-21-24-14-18(27(21)15-16)17-4-2-6-20(25-17)26-19-5-3-9-23(19)12-13-23/h2,4,6-8,14-15,19H,3,5,9-13H2,1H3,(H,25,26)/t19-/m0/s1. The number of hydrogen-bond donors (Lipinski definition) is 1. The van der Waals surface area contributed by atoms with E-state index < -0.39 is 0 Å². The van der Waals surface area contributed by atoms with Crippen molar-refractivity contribution < 1.29 is 0 Å². The van der Waals surface area contributed by atoms with Gasteiger partial charge in [0.15, 0.2) is 0 Å². The Morgan fingerprint density at radius 3 is 2.78 bits per heavy atom. The van der Waals surface area contributed by atoms with Gasteiger partial charge >= 0.3 is 0 Å². The maximum Gasteiger partial charge on any atom is 0.137 e. The normalized spacial score (nSPS) is 24.4. The highest BCUT2D eigenvalue weighted by molar-refractivity contribution is 5.62. The molecule has 27 heavy (non-hydrogen) atoms. The van der Waals surface area contributed by atoms with E-state index in [2.05, 4.69) is 58.2 Å². The van der Waals surface area contributed by atoms with Gasteiger partial charge in [-0.2, -0.15) is 0 Å². The van der Waals surface area contributed by atoms with E-state index in [-0.39, 0.29) is 0 Å². The first-order valence-corrected chi connectivity index (χ1v) is 10.4. The lowest BCUT2D eigenvalue weighted by molar-refractivity contribution is 0.486. The quantitative estimate of drug-likeness (QED) is 0.698. The minimum absolute atomic E-state index is 0.355. The Labute approximate surface area is 160 Å². The van der Waals surface area contributed by atoms with E-state index >= 15 is 0 Å². The van der Waals surface area contributed by atoms with E-state index in [1.54, 1.807) is 0 Å². The van der Waals surface area contributed by atoms with Gasteiger partial charge in [-0.3, -0.25) is 4.40 Å². The fourth-order valence-corrected chi connectivity index (χ4v) is 4.96. The average molecular weight is 358 g/mol. The summed E-state index contributed by atoms with van der Waals surface area (Å²) >= 11 is 0. The zero-order chi connectivity index (χ0) is 18.1. The third-order valence-corrected chi connectivity index (χ3v) is 7.34. The van der Waals surface area contributed by atoms with E-state index in [1.165, 1.54) is 50.5 Å². The van der Waals surface area contributed by atoms with Crippen LogP contribution in [0.15, 0.2) is 42.7 Å². The van der Waals surface area contributed by atoms with E-state index in [1.807, 2.05) is 6.20 Å². The van der Waals surface area contributed by atoms with Crippen molar-refractivity contribution in [3.05, 3.63) is 48.3 Å². The monoisotopic (exact) mass is 358 g/mol. The molecule has 3 aromatic heterocycles. The molecule has 3 saturated carbocycles. The SMILES string of the molecule is CC1(c2ccc3ncc(-c4cccc(N[C@H]5CCCC56CC6)n4)n3c2)CC1. The molecule has 4 heteroatoms. The Balaban J connectivity index is 1.35. The Morgan fingerprint density at radius 2 is 1.96 bits per heavy atom. The molecule has 1 N–H and O–H groups in total. The Morgan fingerprint density at radius 1 is 1.07 bits per heavy atom. The zero-order valence-electron chi connectivity index (χ0n) is 15.9. The fraction of sp³-hybridized carbons (Fsp3) is 0.478. The second-order valence-electron chi connectivity index (χ2n) is 9.21. The van der Waals surface area contributed by atoms with Crippen LogP contribution in [0.4, 0.5) is 5.82 Å². The molecule has 0 unspecified atom stereocenters. The first-order valence-electron chi connectivity index (χ1n) is 10.4. The van der Waals surface area contributed by atoms with Crippen LogP contribution in [0.2, 0.25) is 0 Å². The summed E-state index contributed by atoms with van der Waals surface area (Å²) < 4.78 is 2.21. The average Bonchev–Trinajstić information content (AvgIpc) is 3.54. The smallest absolute Gasteiger partial charge is 0.137 e. The van der Waals surface area contributed by atoms with E-state index in [0.717, 1.165) is 22.9 Å². The van der Waals surface area contributed by atoms with Crippen molar-refractivity contribution in [3.63, 3.8) is 0 Å². The van der Waals surface area contributed by atoms with Gasteiger partial charge in [-0.05, 0) is 73.1 Å². The van der Waals surface area contributed by atoms with E-state index in [4.69, 9.17) is 4.98 Å². The zero-order valence-corrected chi connectivity index (χ0v) is 15.9. The summed E-state index contributed by atoms with van der Waals surface area (Å²) in [5, 5.41) is 3.75. The number of pyridine rings is 2. The molecule has 138 valence electrons. The van der Waals surface area contributed by atoms with Crippen LogP contribution in [-0.2, 0) is 5.41 Å². The molecule has 0 aromatic carbocycles. The van der Waals surface area contributed by atoms with Crippen LogP contribution in [0.25, 0.3) is 17.0 Å². The molecule has 3 aliphatic rings. The van der Waals surface area contributed by atoms with Gasteiger partial charge in [-0.1, -0.05) is 25.5 Å². The Bertz CT molecular complexity index is 1030. The summed E-state index contributed by atoms with van der Waals surface area (Å²) in [6, 6.07) is 11.3. The van der Waals surface area contributed by atoms with Crippen molar-refractivity contribution in [3.8, 4) is 11.4 Å². The van der Waals surface area contributed by atoms with Gasteiger partial charge < -0.3 is 5.32 Å². The topological polar surface area (TPSA) is 42.2 Å². The van der Waals surface area contributed by atoms with Crippen LogP contribution >= 0.6 is 0 Å². The van der Waals surface area contributed by atoms with E-state index in [0.29, 0.717) is 16.9 Å². The molecule has 3 aliphatic carbocycles. The van der Waals surface area contributed by atoms with Gasteiger partial charge in [0.1, 0.15) is 11.5 Å². The molecule has 3 fully saturated rings. The van der Waals surface area contributed by atoms with Crippen LogP contribution in [0.5, 0.6) is 0 Å². The van der Waals surface area contributed by atoms with Crippen molar-refractivity contribution in [1.29, 1.82) is 0 Å². The molecule has 0 bridgehead atoms. The van der Waals surface area contributed by atoms with Gasteiger partial charge in [0, 0.05) is 12.2 Å². The van der Waals surface area contributed by atoms with Gasteiger partial charge in [-0.25, -0.2) is 9.97 Å². The molecule has 4 nitrogen and oxygen atoms in total. The lowest BCUT2D eigenvalue weighted by Crippen LogP contribution is -2.25. The van der Waals surface area contributed by atoms with Crippen LogP contribution in [0, 0.1) is 5.41 Å². The second-order valence-corrected chi connectivity index (χ2v) is 9.21. The summed E-state index contributed by atoms with van der Waals surface area (Å²) in [5.74, 6) is 1.01. The van der Waals surface area contributed by atoms with Gasteiger partial charge in [-0.15, -0.1) is 0 Å². The maximum atomic E-state index is 4.96. The lowest BCUT2D eigenvalue weighted by atomic mass is 10.0.